The zero-order valence-electron chi connectivity index (χ0n) is 13.5. The first-order valence-electron chi connectivity index (χ1n) is 8.02. The van der Waals surface area contributed by atoms with E-state index in [-0.39, 0.29) is 11.9 Å². The van der Waals surface area contributed by atoms with Gasteiger partial charge in [0.2, 0.25) is 15.9 Å². The second kappa shape index (κ2) is 6.20. The largest absolute Gasteiger partial charge is 0.350 e. The van der Waals surface area contributed by atoms with Gasteiger partial charge in [-0.2, -0.15) is 4.31 Å². The number of nitrogens with zero attached hydrogens (tertiary/aromatic N) is 4. The average molecular weight is 341 g/mol. The molecule has 1 saturated heterocycles. The number of sulfonamides is 1. The van der Waals surface area contributed by atoms with Gasteiger partial charge in [0.1, 0.15) is 17.7 Å². The van der Waals surface area contributed by atoms with Crippen molar-refractivity contribution in [2.24, 2.45) is 0 Å². The van der Waals surface area contributed by atoms with Crippen molar-refractivity contribution in [1.82, 2.24) is 24.4 Å². The molecule has 3 heterocycles. The number of nitrogens with one attached hydrogen (secondary N) is 1. The van der Waals surface area contributed by atoms with E-state index in [1.54, 1.807) is 0 Å². The van der Waals surface area contributed by atoms with E-state index in [0.29, 0.717) is 19.5 Å². The SMILES string of the molecule is Cc1nnc2n1CC(NC(=O)C1CCCCN1S(C)(=O)=O)CC2. The van der Waals surface area contributed by atoms with E-state index in [0.717, 1.165) is 37.3 Å². The van der Waals surface area contributed by atoms with Crippen molar-refractivity contribution < 1.29 is 13.2 Å². The number of piperidine rings is 1. The van der Waals surface area contributed by atoms with Crippen LogP contribution >= 0.6 is 0 Å². The summed E-state index contributed by atoms with van der Waals surface area (Å²) in [7, 11) is -3.36. The topological polar surface area (TPSA) is 97.2 Å². The van der Waals surface area contributed by atoms with Crippen molar-refractivity contribution in [3.63, 3.8) is 0 Å². The van der Waals surface area contributed by atoms with Crippen molar-refractivity contribution in [1.29, 1.82) is 0 Å². The maximum absolute atomic E-state index is 12.6. The Morgan fingerprint density at radius 1 is 1.26 bits per heavy atom. The van der Waals surface area contributed by atoms with Crippen molar-refractivity contribution in [2.45, 2.75) is 57.7 Å². The van der Waals surface area contributed by atoms with Crippen LogP contribution in [0.15, 0.2) is 0 Å². The molecule has 8 nitrogen and oxygen atoms in total. The Labute approximate surface area is 136 Å². The summed E-state index contributed by atoms with van der Waals surface area (Å²) in [6, 6.07) is -0.588. The number of carbonyl (C=O) groups is 1. The minimum Gasteiger partial charge on any atom is -0.350 e. The summed E-state index contributed by atoms with van der Waals surface area (Å²) in [6.07, 6.45) is 5.02. The Bertz CT molecular complexity index is 699. The molecule has 0 aromatic carbocycles. The van der Waals surface area contributed by atoms with Crippen LogP contribution in [-0.2, 0) is 27.8 Å². The van der Waals surface area contributed by atoms with Crippen molar-refractivity contribution in [3.8, 4) is 0 Å². The number of amides is 1. The Kier molecular flexibility index (Phi) is 4.41. The lowest BCUT2D eigenvalue weighted by atomic mass is 10.0. The number of fused-ring (bicyclic) bond motifs is 1. The van der Waals surface area contributed by atoms with E-state index >= 15 is 0 Å². The van der Waals surface area contributed by atoms with Gasteiger partial charge in [-0.05, 0) is 26.2 Å². The summed E-state index contributed by atoms with van der Waals surface area (Å²) in [5.41, 5.74) is 0. The van der Waals surface area contributed by atoms with Crippen molar-refractivity contribution >= 4 is 15.9 Å². The Hall–Kier alpha value is -1.48. The monoisotopic (exact) mass is 341 g/mol. The molecule has 2 aliphatic heterocycles. The fraction of sp³-hybridized carbons (Fsp3) is 0.786. The predicted octanol–water partition coefficient (Wildman–Crippen LogP) is -0.168. The van der Waals surface area contributed by atoms with Crippen LogP contribution < -0.4 is 5.32 Å². The molecule has 23 heavy (non-hydrogen) atoms. The van der Waals surface area contributed by atoms with E-state index in [1.807, 2.05) is 11.5 Å². The Morgan fingerprint density at radius 2 is 2.04 bits per heavy atom. The van der Waals surface area contributed by atoms with Crippen LogP contribution in [0, 0.1) is 6.92 Å². The van der Waals surface area contributed by atoms with Gasteiger partial charge in [-0.1, -0.05) is 6.42 Å². The molecule has 3 rings (SSSR count). The zero-order valence-corrected chi connectivity index (χ0v) is 14.3. The third-order valence-electron chi connectivity index (χ3n) is 4.66. The van der Waals surface area contributed by atoms with E-state index in [4.69, 9.17) is 0 Å². The van der Waals surface area contributed by atoms with Crippen LogP contribution in [0.4, 0.5) is 0 Å². The van der Waals surface area contributed by atoms with Crippen molar-refractivity contribution in [2.75, 3.05) is 12.8 Å². The van der Waals surface area contributed by atoms with Gasteiger partial charge in [-0.25, -0.2) is 8.42 Å². The highest BCUT2D eigenvalue weighted by Gasteiger charge is 2.35. The molecule has 1 aromatic rings. The summed E-state index contributed by atoms with van der Waals surface area (Å²) in [4.78, 5) is 12.6. The molecular formula is C14H23N5O3S. The molecule has 1 fully saturated rings. The number of carbonyl (C=O) groups excluding carboxylic acids is 1. The lowest BCUT2D eigenvalue weighted by Gasteiger charge is -2.34. The van der Waals surface area contributed by atoms with E-state index in [9.17, 15) is 13.2 Å². The predicted molar refractivity (Wildman–Crippen MR) is 84.2 cm³/mol. The van der Waals surface area contributed by atoms with Crippen LogP contribution in [-0.4, -0.2) is 58.3 Å². The molecule has 0 aliphatic carbocycles. The summed E-state index contributed by atoms with van der Waals surface area (Å²) < 4.78 is 27.1. The first kappa shape index (κ1) is 16.4. The minimum absolute atomic E-state index is 0.00645. The third-order valence-corrected chi connectivity index (χ3v) is 5.95. The van der Waals surface area contributed by atoms with Gasteiger partial charge in [0.05, 0.1) is 6.26 Å². The van der Waals surface area contributed by atoms with Gasteiger partial charge in [-0.15, -0.1) is 10.2 Å². The highest BCUT2D eigenvalue weighted by atomic mass is 32.2. The van der Waals surface area contributed by atoms with Crippen LogP contribution in [0.1, 0.15) is 37.3 Å². The average Bonchev–Trinajstić information content (AvgIpc) is 2.87. The molecule has 2 atom stereocenters. The van der Waals surface area contributed by atoms with E-state index in [2.05, 4.69) is 15.5 Å². The van der Waals surface area contributed by atoms with E-state index in [1.165, 1.54) is 10.6 Å². The lowest BCUT2D eigenvalue weighted by molar-refractivity contribution is -0.126. The molecule has 2 aliphatic rings. The van der Waals surface area contributed by atoms with Gasteiger partial charge in [0, 0.05) is 25.6 Å². The molecule has 9 heteroatoms. The van der Waals surface area contributed by atoms with Crippen LogP contribution in [0.3, 0.4) is 0 Å². The molecule has 1 amide bonds. The molecule has 0 saturated carbocycles. The molecule has 2 unspecified atom stereocenters. The molecule has 0 radical (unpaired) electrons. The number of hydrogen-bond acceptors (Lipinski definition) is 5. The van der Waals surface area contributed by atoms with Gasteiger partial charge < -0.3 is 9.88 Å². The van der Waals surface area contributed by atoms with Crippen LogP contribution in [0.25, 0.3) is 0 Å². The van der Waals surface area contributed by atoms with Crippen molar-refractivity contribution in [3.05, 3.63) is 11.6 Å². The second-order valence-corrected chi connectivity index (χ2v) is 8.34. The summed E-state index contributed by atoms with van der Waals surface area (Å²) in [6.45, 7) is 2.97. The normalized spacial score (nSPS) is 25.8. The lowest BCUT2D eigenvalue weighted by Crippen LogP contribution is -2.54. The second-order valence-electron chi connectivity index (χ2n) is 6.40. The maximum atomic E-state index is 12.6. The fourth-order valence-electron chi connectivity index (χ4n) is 3.44. The molecule has 0 bridgehead atoms. The molecule has 1 aromatic heterocycles. The van der Waals surface area contributed by atoms with Gasteiger partial charge in [-0.3, -0.25) is 4.79 Å². The summed E-state index contributed by atoms with van der Waals surface area (Å²) in [5.74, 6) is 1.60. The number of hydrogen-bond donors (Lipinski definition) is 1. The molecule has 1 N–H and O–H groups in total. The quantitative estimate of drug-likeness (QED) is 0.823. The minimum atomic E-state index is -3.36. The van der Waals surface area contributed by atoms with Gasteiger partial charge >= 0.3 is 0 Å². The number of aromatic nitrogens is 3. The van der Waals surface area contributed by atoms with E-state index < -0.39 is 16.1 Å². The summed E-state index contributed by atoms with van der Waals surface area (Å²) >= 11 is 0. The van der Waals surface area contributed by atoms with Crippen LogP contribution in [0.2, 0.25) is 0 Å². The first-order valence-corrected chi connectivity index (χ1v) is 9.87. The highest BCUT2D eigenvalue weighted by molar-refractivity contribution is 7.88. The zero-order chi connectivity index (χ0) is 16.6. The van der Waals surface area contributed by atoms with Crippen LogP contribution in [0.5, 0.6) is 0 Å². The standard InChI is InChI=1S/C14H23N5O3S/c1-10-16-17-13-7-6-11(9-18(10)13)15-14(20)12-5-3-4-8-19(12)23(2,21)22/h11-12H,3-9H2,1-2H3,(H,15,20). The third kappa shape index (κ3) is 3.40. The molecular weight excluding hydrogens is 318 g/mol. The summed E-state index contributed by atoms with van der Waals surface area (Å²) in [5, 5.41) is 11.2. The van der Waals surface area contributed by atoms with Gasteiger partial charge in [0.15, 0.2) is 0 Å². The molecule has 128 valence electrons. The Morgan fingerprint density at radius 3 is 2.78 bits per heavy atom. The molecule has 0 spiro atoms. The van der Waals surface area contributed by atoms with Gasteiger partial charge in [0.25, 0.3) is 0 Å². The maximum Gasteiger partial charge on any atom is 0.238 e. The fourth-order valence-corrected chi connectivity index (χ4v) is 4.57. The highest BCUT2D eigenvalue weighted by Crippen LogP contribution is 2.21. The Balaban J connectivity index is 1.68. The number of rotatable bonds is 3. The first-order chi connectivity index (χ1) is 10.9. The smallest absolute Gasteiger partial charge is 0.238 e. The number of aryl methyl sites for hydroxylation is 2.